The summed E-state index contributed by atoms with van der Waals surface area (Å²) in [6.07, 6.45) is -5.60. The predicted molar refractivity (Wildman–Crippen MR) is 67.2 cm³/mol. The largest absolute Gasteiger partial charge is 0.444 e. The lowest BCUT2D eigenvalue weighted by molar-refractivity contribution is -0.136. The lowest BCUT2D eigenvalue weighted by atomic mass is 10.1. The third kappa shape index (κ3) is 4.73. The SMILES string of the molecule is CC(C)(C)OC(=O)Nc1cc(CO)ccc1C(F)(F)F. The van der Waals surface area contributed by atoms with E-state index in [9.17, 15) is 18.0 Å². The molecule has 0 fully saturated rings. The van der Waals surface area contributed by atoms with Crippen LogP contribution in [0.1, 0.15) is 31.9 Å². The van der Waals surface area contributed by atoms with Gasteiger partial charge in [-0.25, -0.2) is 4.79 Å². The van der Waals surface area contributed by atoms with E-state index in [1.165, 1.54) is 0 Å². The Morgan fingerprint density at radius 2 is 1.90 bits per heavy atom. The van der Waals surface area contributed by atoms with Gasteiger partial charge < -0.3 is 9.84 Å². The maximum absolute atomic E-state index is 12.8. The number of rotatable bonds is 2. The second-order valence-corrected chi connectivity index (χ2v) is 5.16. The van der Waals surface area contributed by atoms with E-state index in [-0.39, 0.29) is 5.56 Å². The van der Waals surface area contributed by atoms with Gasteiger partial charge in [-0.05, 0) is 38.5 Å². The number of hydrogen-bond donors (Lipinski definition) is 2. The Bertz CT molecular complexity index is 493. The van der Waals surface area contributed by atoms with Crippen LogP contribution in [0.4, 0.5) is 23.7 Å². The second kappa shape index (κ2) is 5.70. The molecular formula is C13H16F3NO3. The Morgan fingerprint density at radius 3 is 2.35 bits per heavy atom. The summed E-state index contributed by atoms with van der Waals surface area (Å²) in [5.41, 5.74) is -2.01. The van der Waals surface area contributed by atoms with E-state index >= 15 is 0 Å². The Kier molecular flexibility index (Phi) is 4.65. The molecule has 0 aliphatic rings. The molecule has 1 amide bonds. The molecule has 0 atom stereocenters. The van der Waals surface area contributed by atoms with E-state index in [4.69, 9.17) is 9.84 Å². The van der Waals surface area contributed by atoms with Crippen molar-refractivity contribution in [3.63, 3.8) is 0 Å². The van der Waals surface area contributed by atoms with Gasteiger partial charge in [0, 0.05) is 0 Å². The fourth-order valence-corrected chi connectivity index (χ4v) is 1.45. The van der Waals surface area contributed by atoms with Crippen LogP contribution < -0.4 is 5.32 Å². The zero-order valence-electron chi connectivity index (χ0n) is 11.3. The van der Waals surface area contributed by atoms with Crippen LogP contribution in [-0.4, -0.2) is 16.8 Å². The van der Waals surface area contributed by atoms with E-state index in [0.717, 1.165) is 18.2 Å². The number of hydrogen-bond acceptors (Lipinski definition) is 3. The number of nitrogens with one attached hydrogen (secondary N) is 1. The summed E-state index contributed by atoms with van der Waals surface area (Å²) in [6.45, 7) is 4.37. The van der Waals surface area contributed by atoms with Gasteiger partial charge in [0.05, 0.1) is 17.9 Å². The van der Waals surface area contributed by atoms with Crippen LogP contribution in [0.2, 0.25) is 0 Å². The van der Waals surface area contributed by atoms with E-state index in [0.29, 0.717) is 0 Å². The maximum Gasteiger partial charge on any atom is 0.418 e. The molecule has 0 aliphatic carbocycles. The first-order chi connectivity index (χ1) is 9.03. The Morgan fingerprint density at radius 1 is 1.30 bits per heavy atom. The van der Waals surface area contributed by atoms with Gasteiger partial charge in [-0.15, -0.1) is 0 Å². The standard InChI is InChI=1S/C13H16F3NO3/c1-12(2,3)20-11(19)17-10-6-8(7-18)4-5-9(10)13(14,15)16/h4-6,18H,7H2,1-3H3,(H,17,19). The van der Waals surface area contributed by atoms with Crippen molar-refractivity contribution in [2.45, 2.75) is 39.2 Å². The van der Waals surface area contributed by atoms with Crippen LogP contribution in [0.15, 0.2) is 18.2 Å². The van der Waals surface area contributed by atoms with Crippen molar-refractivity contribution in [1.82, 2.24) is 0 Å². The highest BCUT2D eigenvalue weighted by molar-refractivity contribution is 5.86. The minimum atomic E-state index is -4.61. The lowest BCUT2D eigenvalue weighted by Crippen LogP contribution is -2.28. The van der Waals surface area contributed by atoms with Crippen molar-refractivity contribution in [2.24, 2.45) is 0 Å². The van der Waals surface area contributed by atoms with Crippen molar-refractivity contribution in [3.05, 3.63) is 29.3 Å². The van der Waals surface area contributed by atoms with E-state index in [2.05, 4.69) is 5.32 Å². The molecule has 0 unspecified atom stereocenters. The molecule has 4 nitrogen and oxygen atoms in total. The van der Waals surface area contributed by atoms with Gasteiger partial charge in [-0.3, -0.25) is 5.32 Å². The number of amides is 1. The number of carbonyl (C=O) groups excluding carboxylic acids is 1. The Labute approximate surface area is 114 Å². The molecule has 1 rings (SSSR count). The number of ether oxygens (including phenoxy) is 1. The molecule has 1 aromatic carbocycles. The molecule has 112 valence electrons. The average molecular weight is 291 g/mol. The molecule has 0 bridgehead atoms. The van der Waals surface area contributed by atoms with Gasteiger partial charge >= 0.3 is 12.3 Å². The lowest BCUT2D eigenvalue weighted by Gasteiger charge is -2.21. The summed E-state index contributed by atoms with van der Waals surface area (Å²) in [5, 5.41) is 11.0. The van der Waals surface area contributed by atoms with Gasteiger partial charge in [-0.1, -0.05) is 6.07 Å². The molecule has 0 aliphatic heterocycles. The summed E-state index contributed by atoms with van der Waals surface area (Å²) in [5.74, 6) is 0. The molecule has 0 heterocycles. The maximum atomic E-state index is 12.8. The normalized spacial score (nSPS) is 12.2. The van der Waals surface area contributed by atoms with Crippen molar-refractivity contribution < 1.29 is 27.8 Å². The van der Waals surface area contributed by atoms with Gasteiger partial charge in [0.2, 0.25) is 0 Å². The van der Waals surface area contributed by atoms with Crippen molar-refractivity contribution in [1.29, 1.82) is 0 Å². The zero-order chi connectivity index (χ0) is 15.6. The summed E-state index contributed by atoms with van der Waals surface area (Å²) >= 11 is 0. The fourth-order valence-electron chi connectivity index (χ4n) is 1.45. The molecule has 0 spiro atoms. The van der Waals surface area contributed by atoms with Crippen LogP contribution in [0.5, 0.6) is 0 Å². The third-order valence-corrected chi connectivity index (χ3v) is 2.21. The quantitative estimate of drug-likeness (QED) is 0.876. The highest BCUT2D eigenvalue weighted by atomic mass is 19.4. The molecule has 0 saturated carbocycles. The molecule has 1 aromatic rings. The minimum absolute atomic E-state index is 0.254. The van der Waals surface area contributed by atoms with Gasteiger partial charge in [0.1, 0.15) is 5.60 Å². The Hall–Kier alpha value is -1.76. The number of aliphatic hydroxyl groups excluding tert-OH is 1. The first kappa shape index (κ1) is 16.3. The predicted octanol–water partition coefficient (Wildman–Crippen LogP) is 3.54. The monoisotopic (exact) mass is 291 g/mol. The number of halogens is 3. The number of alkyl halides is 3. The van der Waals surface area contributed by atoms with Crippen LogP contribution >= 0.6 is 0 Å². The fraction of sp³-hybridized carbons (Fsp3) is 0.462. The smallest absolute Gasteiger partial charge is 0.418 e. The molecule has 0 saturated heterocycles. The van der Waals surface area contributed by atoms with Crippen LogP contribution in [-0.2, 0) is 17.5 Å². The van der Waals surface area contributed by atoms with Crippen molar-refractivity contribution in [3.8, 4) is 0 Å². The average Bonchev–Trinajstić information content (AvgIpc) is 2.24. The van der Waals surface area contributed by atoms with E-state index < -0.39 is 35.7 Å². The molecule has 0 aromatic heterocycles. The van der Waals surface area contributed by atoms with Crippen LogP contribution in [0, 0.1) is 0 Å². The summed E-state index contributed by atoms with van der Waals surface area (Å²) in [4.78, 5) is 11.5. The van der Waals surface area contributed by atoms with Crippen molar-refractivity contribution >= 4 is 11.8 Å². The van der Waals surface area contributed by atoms with Crippen molar-refractivity contribution in [2.75, 3.05) is 5.32 Å². The molecule has 2 N–H and O–H groups in total. The van der Waals surface area contributed by atoms with Crippen LogP contribution in [0.3, 0.4) is 0 Å². The zero-order valence-corrected chi connectivity index (χ0v) is 11.3. The van der Waals surface area contributed by atoms with E-state index in [1.807, 2.05) is 0 Å². The van der Waals surface area contributed by atoms with Gasteiger partial charge in [-0.2, -0.15) is 13.2 Å². The van der Waals surface area contributed by atoms with Crippen LogP contribution in [0.25, 0.3) is 0 Å². The van der Waals surface area contributed by atoms with Gasteiger partial charge in [0.25, 0.3) is 0 Å². The van der Waals surface area contributed by atoms with Gasteiger partial charge in [0.15, 0.2) is 0 Å². The topological polar surface area (TPSA) is 58.6 Å². The molecule has 7 heteroatoms. The first-order valence-corrected chi connectivity index (χ1v) is 5.84. The summed E-state index contributed by atoms with van der Waals surface area (Å²) < 4.78 is 43.4. The molecular weight excluding hydrogens is 275 g/mol. The summed E-state index contributed by atoms with van der Waals surface area (Å²) in [7, 11) is 0. The number of anilines is 1. The minimum Gasteiger partial charge on any atom is -0.444 e. The molecule has 20 heavy (non-hydrogen) atoms. The third-order valence-electron chi connectivity index (χ3n) is 2.21. The summed E-state index contributed by atoms with van der Waals surface area (Å²) in [6, 6.07) is 3.01. The highest BCUT2D eigenvalue weighted by Crippen LogP contribution is 2.35. The molecule has 0 radical (unpaired) electrons. The number of aliphatic hydroxyl groups is 1. The highest BCUT2D eigenvalue weighted by Gasteiger charge is 2.34. The Balaban J connectivity index is 3.05. The number of carbonyl (C=O) groups is 1. The first-order valence-electron chi connectivity index (χ1n) is 5.84. The van der Waals surface area contributed by atoms with E-state index in [1.54, 1.807) is 20.8 Å². The second-order valence-electron chi connectivity index (χ2n) is 5.16. The number of benzene rings is 1.